The van der Waals surface area contributed by atoms with E-state index in [1.54, 1.807) is 0 Å². The van der Waals surface area contributed by atoms with Crippen LogP contribution in [0.4, 0.5) is 0 Å². The summed E-state index contributed by atoms with van der Waals surface area (Å²) in [6.07, 6.45) is 5.21. The maximum Gasteiger partial charge on any atom is 0.191 e. The molecule has 0 aromatic heterocycles. The Kier molecular flexibility index (Phi) is 6.05. The maximum atomic E-state index is 10.7. The Morgan fingerprint density at radius 3 is 2.48 bits per heavy atom. The van der Waals surface area contributed by atoms with E-state index in [2.05, 4.69) is 29.5 Å². The molecule has 128 valence electrons. The predicted octanol–water partition coefficient (Wildman–Crippen LogP) is 3.03. The van der Waals surface area contributed by atoms with Crippen LogP contribution in [0.3, 0.4) is 0 Å². The van der Waals surface area contributed by atoms with Crippen LogP contribution in [0, 0.1) is 5.41 Å². The van der Waals surface area contributed by atoms with Crippen LogP contribution in [0.2, 0.25) is 0 Å². The molecular weight excluding hydrogens is 286 g/mol. The Morgan fingerprint density at radius 2 is 1.87 bits per heavy atom. The van der Waals surface area contributed by atoms with Crippen molar-refractivity contribution >= 4 is 5.96 Å². The van der Waals surface area contributed by atoms with E-state index in [9.17, 15) is 5.11 Å². The van der Waals surface area contributed by atoms with E-state index in [1.807, 2.05) is 37.3 Å². The van der Waals surface area contributed by atoms with Gasteiger partial charge in [-0.2, -0.15) is 0 Å². The van der Waals surface area contributed by atoms with Crippen molar-refractivity contribution in [3.8, 4) is 0 Å². The van der Waals surface area contributed by atoms with Crippen molar-refractivity contribution in [1.82, 2.24) is 10.6 Å². The van der Waals surface area contributed by atoms with Gasteiger partial charge in [-0.1, -0.05) is 50.1 Å². The summed E-state index contributed by atoms with van der Waals surface area (Å²) in [6, 6.07) is 9.72. The number of rotatable bonds is 6. The monoisotopic (exact) mass is 317 g/mol. The van der Waals surface area contributed by atoms with Crippen LogP contribution >= 0.6 is 0 Å². The van der Waals surface area contributed by atoms with Crippen LogP contribution in [-0.4, -0.2) is 30.7 Å². The molecule has 4 nitrogen and oxygen atoms in total. The largest absolute Gasteiger partial charge is 0.384 e. The van der Waals surface area contributed by atoms with Crippen molar-refractivity contribution in [1.29, 1.82) is 0 Å². The maximum absolute atomic E-state index is 10.7. The standard InChI is InChI=1S/C19H31N3O/c1-4-20-17(21-14-18(2)12-8-9-13-18)22-15-19(3,23)16-10-6-5-7-11-16/h5-7,10-11,23H,4,8-9,12-15H2,1-3H3,(H2,20,21,22). The summed E-state index contributed by atoms with van der Waals surface area (Å²) in [5.41, 5.74) is 0.307. The minimum absolute atomic E-state index is 0.336. The smallest absolute Gasteiger partial charge is 0.191 e. The lowest BCUT2D eigenvalue weighted by Gasteiger charge is -2.26. The molecule has 23 heavy (non-hydrogen) atoms. The van der Waals surface area contributed by atoms with Gasteiger partial charge >= 0.3 is 0 Å². The number of hydrogen-bond acceptors (Lipinski definition) is 2. The molecule has 0 amide bonds. The van der Waals surface area contributed by atoms with Crippen LogP contribution in [0.1, 0.15) is 52.0 Å². The fourth-order valence-electron chi connectivity index (χ4n) is 3.17. The van der Waals surface area contributed by atoms with Crippen molar-refractivity contribution < 1.29 is 5.11 Å². The summed E-state index contributed by atoms with van der Waals surface area (Å²) >= 11 is 0. The summed E-state index contributed by atoms with van der Waals surface area (Å²) in [7, 11) is 0. The second-order valence-electron chi connectivity index (χ2n) is 7.21. The second kappa shape index (κ2) is 7.82. The van der Waals surface area contributed by atoms with Crippen molar-refractivity contribution in [2.45, 2.75) is 52.1 Å². The summed E-state index contributed by atoms with van der Waals surface area (Å²) in [6.45, 7) is 8.31. The lowest BCUT2D eigenvalue weighted by atomic mass is 9.89. The van der Waals surface area contributed by atoms with Crippen molar-refractivity contribution in [3.05, 3.63) is 35.9 Å². The zero-order chi connectivity index (χ0) is 16.8. The van der Waals surface area contributed by atoms with Gasteiger partial charge in [0.05, 0.1) is 6.54 Å². The lowest BCUT2D eigenvalue weighted by Crippen LogP contribution is -2.43. The zero-order valence-corrected chi connectivity index (χ0v) is 14.7. The first-order chi connectivity index (χ1) is 11.0. The van der Waals surface area contributed by atoms with Gasteiger partial charge in [0, 0.05) is 13.1 Å². The van der Waals surface area contributed by atoms with Gasteiger partial charge in [-0.25, -0.2) is 4.99 Å². The molecule has 1 atom stereocenters. The molecule has 0 radical (unpaired) electrons. The first-order valence-corrected chi connectivity index (χ1v) is 8.75. The van der Waals surface area contributed by atoms with Gasteiger partial charge in [-0.05, 0) is 37.7 Å². The van der Waals surface area contributed by atoms with Crippen molar-refractivity contribution in [2.24, 2.45) is 10.4 Å². The number of aliphatic hydroxyl groups is 1. The van der Waals surface area contributed by atoms with Gasteiger partial charge in [-0.3, -0.25) is 0 Å². The van der Waals surface area contributed by atoms with E-state index >= 15 is 0 Å². The molecule has 0 heterocycles. The van der Waals surface area contributed by atoms with Crippen LogP contribution in [0.5, 0.6) is 0 Å². The minimum Gasteiger partial charge on any atom is -0.384 e. The Hall–Kier alpha value is -1.55. The number of nitrogens with one attached hydrogen (secondary N) is 2. The van der Waals surface area contributed by atoms with Gasteiger partial charge in [0.1, 0.15) is 5.60 Å². The molecule has 4 heteroatoms. The normalized spacial score (nSPS) is 20.1. The van der Waals surface area contributed by atoms with E-state index in [0.717, 1.165) is 24.6 Å². The molecule has 3 N–H and O–H groups in total. The highest BCUT2D eigenvalue weighted by Gasteiger charge is 2.28. The van der Waals surface area contributed by atoms with Crippen LogP contribution in [-0.2, 0) is 5.60 Å². The second-order valence-corrected chi connectivity index (χ2v) is 7.21. The topological polar surface area (TPSA) is 56.7 Å². The number of aliphatic imine (C=N–C) groups is 1. The molecule has 1 aliphatic rings. The average molecular weight is 317 g/mol. The number of nitrogens with zero attached hydrogens (tertiary/aromatic N) is 1. The van der Waals surface area contributed by atoms with E-state index in [1.165, 1.54) is 25.7 Å². The van der Waals surface area contributed by atoms with Gasteiger partial charge in [0.2, 0.25) is 0 Å². The van der Waals surface area contributed by atoms with Crippen molar-refractivity contribution in [3.63, 3.8) is 0 Å². The predicted molar refractivity (Wildman–Crippen MR) is 96.6 cm³/mol. The quantitative estimate of drug-likeness (QED) is 0.558. The Morgan fingerprint density at radius 1 is 1.22 bits per heavy atom. The highest BCUT2D eigenvalue weighted by molar-refractivity contribution is 5.79. The van der Waals surface area contributed by atoms with Crippen LogP contribution in [0.15, 0.2) is 35.3 Å². The van der Waals surface area contributed by atoms with E-state index in [4.69, 9.17) is 0 Å². The number of benzene rings is 1. The van der Waals surface area contributed by atoms with Gasteiger partial charge < -0.3 is 15.7 Å². The zero-order valence-electron chi connectivity index (χ0n) is 14.7. The highest BCUT2D eigenvalue weighted by Crippen LogP contribution is 2.36. The molecule has 1 aromatic rings. The number of hydrogen-bond donors (Lipinski definition) is 3. The van der Waals surface area contributed by atoms with Gasteiger partial charge in [-0.15, -0.1) is 0 Å². The highest BCUT2D eigenvalue weighted by atomic mass is 16.3. The van der Waals surface area contributed by atoms with E-state index in [0.29, 0.717) is 12.0 Å². The summed E-state index contributed by atoms with van der Waals surface area (Å²) in [5, 5.41) is 17.4. The fourth-order valence-corrected chi connectivity index (χ4v) is 3.17. The lowest BCUT2D eigenvalue weighted by molar-refractivity contribution is 0.0672. The molecular formula is C19H31N3O. The summed E-state index contributed by atoms with van der Waals surface area (Å²) < 4.78 is 0. The Bertz CT molecular complexity index is 505. The molecule has 0 spiro atoms. The van der Waals surface area contributed by atoms with Gasteiger partial charge in [0.25, 0.3) is 0 Å². The molecule has 0 saturated heterocycles. The van der Waals surface area contributed by atoms with E-state index in [-0.39, 0.29) is 0 Å². The van der Waals surface area contributed by atoms with Crippen LogP contribution in [0.25, 0.3) is 0 Å². The summed E-state index contributed by atoms with van der Waals surface area (Å²) in [5.74, 6) is 0.789. The first kappa shape index (κ1) is 17.8. The molecule has 0 aliphatic heterocycles. The molecule has 1 aromatic carbocycles. The first-order valence-electron chi connectivity index (χ1n) is 8.75. The fraction of sp³-hybridized carbons (Fsp3) is 0.632. The molecule has 0 bridgehead atoms. The van der Waals surface area contributed by atoms with E-state index < -0.39 is 5.60 Å². The molecule has 1 unspecified atom stereocenters. The van der Waals surface area contributed by atoms with Gasteiger partial charge in [0.15, 0.2) is 5.96 Å². The molecule has 1 fully saturated rings. The summed E-state index contributed by atoms with van der Waals surface area (Å²) in [4.78, 5) is 4.60. The molecule has 1 aliphatic carbocycles. The Labute approximate surface area is 140 Å². The Balaban J connectivity index is 1.97. The average Bonchev–Trinajstić information content (AvgIpc) is 2.98. The third-order valence-corrected chi connectivity index (χ3v) is 4.78. The minimum atomic E-state index is -0.957. The third-order valence-electron chi connectivity index (χ3n) is 4.78. The van der Waals surface area contributed by atoms with Crippen molar-refractivity contribution in [2.75, 3.05) is 19.6 Å². The number of guanidine groups is 1. The SMILES string of the molecule is CCNC(=NCC(C)(O)c1ccccc1)NCC1(C)CCCC1. The molecule has 1 saturated carbocycles. The molecule has 2 rings (SSSR count). The third kappa shape index (κ3) is 5.24. The van der Waals surface area contributed by atoms with Crippen LogP contribution < -0.4 is 10.6 Å².